The fraction of sp³-hybridized carbons (Fsp3) is 0.366. The van der Waals surface area contributed by atoms with E-state index in [-0.39, 0.29) is 30.7 Å². The molecule has 6 rings (SSSR count). The summed E-state index contributed by atoms with van der Waals surface area (Å²) in [6.07, 6.45) is 8.56. The zero-order valence-corrected chi connectivity index (χ0v) is 32.9. The predicted molar refractivity (Wildman–Crippen MR) is 218 cm³/mol. The molecule has 3 amide bonds. The highest BCUT2D eigenvalue weighted by Crippen LogP contribution is 2.40. The number of aromatic nitrogens is 3. The maximum atomic E-state index is 14.5. The van der Waals surface area contributed by atoms with Crippen molar-refractivity contribution < 1.29 is 14.4 Å². The Morgan fingerprint density at radius 1 is 0.891 bits per heavy atom. The van der Waals surface area contributed by atoms with Crippen LogP contribution in [0.2, 0.25) is 5.02 Å². The average molecular weight is 784 g/mol. The predicted octanol–water partition coefficient (Wildman–Crippen LogP) is 4.88. The van der Waals surface area contributed by atoms with Gasteiger partial charge in [0, 0.05) is 72.3 Å². The first-order chi connectivity index (χ1) is 26.7. The zero-order chi connectivity index (χ0) is 38.9. The SMILES string of the molecule is CN1C(=O)C(CCCCN)NC(=O)C(CCCN)NCc2ccccc2Sc2c(Cl)cc(-c3cn(C)cn3)cc2CNC(=O)C1Cc1c[nH]c2ccccc12. The van der Waals surface area contributed by atoms with Crippen molar-refractivity contribution in [3.63, 3.8) is 0 Å². The summed E-state index contributed by atoms with van der Waals surface area (Å²) in [6.45, 7) is 1.41. The second kappa shape index (κ2) is 18.8. The molecule has 14 heteroatoms. The van der Waals surface area contributed by atoms with E-state index in [4.69, 9.17) is 23.1 Å². The van der Waals surface area contributed by atoms with E-state index in [1.54, 1.807) is 13.4 Å². The molecule has 3 unspecified atom stereocenters. The van der Waals surface area contributed by atoms with Crippen LogP contribution in [0.25, 0.3) is 22.2 Å². The molecule has 0 bridgehead atoms. The molecule has 0 saturated carbocycles. The molecular formula is C41H50ClN9O3S. The molecule has 0 spiro atoms. The van der Waals surface area contributed by atoms with Crippen LogP contribution < -0.4 is 27.4 Å². The Morgan fingerprint density at radius 3 is 2.44 bits per heavy atom. The van der Waals surface area contributed by atoms with E-state index in [2.05, 4.69) is 25.9 Å². The summed E-state index contributed by atoms with van der Waals surface area (Å²) in [5.74, 6) is -0.986. The quantitative estimate of drug-likeness (QED) is 0.109. The van der Waals surface area contributed by atoms with Gasteiger partial charge in [0.25, 0.3) is 0 Å². The molecule has 0 fully saturated rings. The molecule has 55 heavy (non-hydrogen) atoms. The van der Waals surface area contributed by atoms with E-state index in [0.717, 1.165) is 48.6 Å². The lowest BCUT2D eigenvalue weighted by Crippen LogP contribution is -2.57. The summed E-state index contributed by atoms with van der Waals surface area (Å²) in [6, 6.07) is 17.3. The molecule has 290 valence electrons. The molecule has 0 saturated heterocycles. The van der Waals surface area contributed by atoms with E-state index in [0.29, 0.717) is 56.8 Å². The van der Waals surface area contributed by atoms with Gasteiger partial charge in [-0.05, 0) is 86.1 Å². The van der Waals surface area contributed by atoms with Gasteiger partial charge in [-0.3, -0.25) is 14.4 Å². The number of nitrogens with one attached hydrogen (secondary N) is 4. The minimum atomic E-state index is -0.909. The van der Waals surface area contributed by atoms with Crippen LogP contribution in [0.15, 0.2) is 89.2 Å². The van der Waals surface area contributed by atoms with Gasteiger partial charge in [-0.25, -0.2) is 4.98 Å². The molecule has 0 radical (unpaired) electrons. The van der Waals surface area contributed by atoms with Crippen LogP contribution in [0.4, 0.5) is 0 Å². The Hall–Kier alpha value is -4.66. The normalized spacial score (nSPS) is 18.7. The highest BCUT2D eigenvalue weighted by atomic mass is 35.5. The van der Waals surface area contributed by atoms with Crippen LogP contribution in [0.1, 0.15) is 48.8 Å². The van der Waals surface area contributed by atoms with Gasteiger partial charge in [-0.1, -0.05) is 59.8 Å². The molecule has 2 aromatic heterocycles. The molecule has 8 N–H and O–H groups in total. The molecule has 12 nitrogen and oxygen atoms in total. The summed E-state index contributed by atoms with van der Waals surface area (Å²) >= 11 is 8.61. The van der Waals surface area contributed by atoms with Gasteiger partial charge in [-0.2, -0.15) is 0 Å². The van der Waals surface area contributed by atoms with Crippen molar-refractivity contribution in [3.05, 3.63) is 101 Å². The highest BCUT2D eigenvalue weighted by Gasteiger charge is 2.34. The van der Waals surface area contributed by atoms with Crippen molar-refractivity contribution in [2.24, 2.45) is 18.5 Å². The number of halogens is 1. The Labute approximate surface area is 331 Å². The van der Waals surface area contributed by atoms with Crippen molar-refractivity contribution in [1.82, 2.24) is 35.4 Å². The molecule has 3 aromatic carbocycles. The number of imidazole rings is 1. The largest absolute Gasteiger partial charge is 0.361 e. The summed E-state index contributed by atoms with van der Waals surface area (Å²) in [4.78, 5) is 54.2. The van der Waals surface area contributed by atoms with Gasteiger partial charge in [0.1, 0.15) is 12.1 Å². The van der Waals surface area contributed by atoms with E-state index in [1.807, 2.05) is 84.7 Å². The van der Waals surface area contributed by atoms with Gasteiger partial charge in [0.05, 0.1) is 23.1 Å². The summed E-state index contributed by atoms with van der Waals surface area (Å²) in [5, 5.41) is 11.2. The second-order valence-electron chi connectivity index (χ2n) is 14.0. The molecular weight excluding hydrogens is 734 g/mol. The van der Waals surface area contributed by atoms with E-state index < -0.39 is 18.1 Å². The van der Waals surface area contributed by atoms with Crippen LogP contribution in [-0.4, -0.2) is 75.4 Å². The minimum Gasteiger partial charge on any atom is -0.361 e. The Kier molecular flexibility index (Phi) is 13.7. The Bertz CT molecular complexity index is 2120. The molecule has 1 aliphatic rings. The number of nitrogens with two attached hydrogens (primary N) is 2. The highest BCUT2D eigenvalue weighted by molar-refractivity contribution is 7.99. The molecule has 3 heterocycles. The first-order valence-corrected chi connectivity index (χ1v) is 20.0. The van der Waals surface area contributed by atoms with Crippen LogP contribution >= 0.6 is 23.4 Å². The third-order valence-corrected chi connectivity index (χ3v) is 11.8. The fourth-order valence-electron chi connectivity index (χ4n) is 6.98. The van der Waals surface area contributed by atoms with Crippen LogP contribution in [0.3, 0.4) is 0 Å². The second-order valence-corrected chi connectivity index (χ2v) is 15.5. The number of H-pyrrole nitrogens is 1. The molecule has 3 atom stereocenters. The number of likely N-dealkylation sites (N-methyl/N-ethyl adjacent to an activating group) is 1. The number of rotatable bonds is 10. The number of hydrogen-bond donors (Lipinski definition) is 6. The van der Waals surface area contributed by atoms with Crippen molar-refractivity contribution in [2.75, 3.05) is 20.1 Å². The van der Waals surface area contributed by atoms with Crippen LogP contribution in [0.5, 0.6) is 0 Å². The number of unbranched alkanes of at least 4 members (excludes halogenated alkanes) is 1. The molecule has 0 aliphatic carbocycles. The summed E-state index contributed by atoms with van der Waals surface area (Å²) in [7, 11) is 3.54. The average Bonchev–Trinajstić information content (AvgIpc) is 3.82. The molecule has 5 aromatic rings. The Balaban J connectivity index is 1.44. The van der Waals surface area contributed by atoms with Gasteiger partial charge in [0.15, 0.2) is 0 Å². The lowest BCUT2D eigenvalue weighted by Gasteiger charge is -2.32. The summed E-state index contributed by atoms with van der Waals surface area (Å²) < 4.78 is 1.87. The fourth-order valence-corrected chi connectivity index (χ4v) is 8.39. The number of carbonyl (C=O) groups excluding carboxylic acids is 3. The molecule has 1 aliphatic heterocycles. The number of nitrogens with zero attached hydrogens (tertiary/aromatic N) is 3. The number of hydrogen-bond acceptors (Lipinski definition) is 8. The number of fused-ring (bicyclic) bond motifs is 3. The number of amides is 3. The van der Waals surface area contributed by atoms with Crippen molar-refractivity contribution >= 4 is 52.0 Å². The number of aryl methyl sites for hydroxylation is 1. The monoisotopic (exact) mass is 783 g/mol. The van der Waals surface area contributed by atoms with Gasteiger partial charge in [0.2, 0.25) is 17.7 Å². The minimum absolute atomic E-state index is 0.145. The van der Waals surface area contributed by atoms with E-state index in [1.165, 1.54) is 16.7 Å². The smallest absolute Gasteiger partial charge is 0.245 e. The first kappa shape index (κ1) is 40.0. The van der Waals surface area contributed by atoms with E-state index in [9.17, 15) is 14.4 Å². The standard InChI is InChI=1S/C41H50ClN9O3S/c1-50-24-35(48-25-50)27-18-29-23-47-40(53)36(20-28-22-45-32-12-5-4-11-30(28)32)51(2)41(54)34(13-7-8-16-43)49-39(52)33(14-9-17-44)46-21-26-10-3-6-15-37(26)55-38(29)31(42)19-27/h3-6,10-12,15,18-19,22,24-25,33-34,36,45-46H,7-9,13-14,16-17,20-21,23,43-44H2,1-2H3,(H,47,53)(H,49,52). The third kappa shape index (κ3) is 9.78. The Morgan fingerprint density at radius 2 is 1.65 bits per heavy atom. The first-order valence-electron chi connectivity index (χ1n) is 18.8. The van der Waals surface area contributed by atoms with Crippen LogP contribution in [-0.2, 0) is 40.9 Å². The lowest BCUT2D eigenvalue weighted by atomic mass is 10.0. The summed E-state index contributed by atoms with van der Waals surface area (Å²) in [5.41, 5.74) is 16.9. The van der Waals surface area contributed by atoms with Crippen molar-refractivity contribution in [1.29, 1.82) is 0 Å². The van der Waals surface area contributed by atoms with Gasteiger partial charge >= 0.3 is 0 Å². The van der Waals surface area contributed by atoms with Crippen molar-refractivity contribution in [3.8, 4) is 11.3 Å². The number of carbonyl (C=O) groups is 3. The van der Waals surface area contributed by atoms with Gasteiger partial charge < -0.3 is 41.9 Å². The number of aromatic amines is 1. The topological polar surface area (TPSA) is 176 Å². The maximum absolute atomic E-state index is 14.5. The van der Waals surface area contributed by atoms with Crippen LogP contribution in [0, 0.1) is 0 Å². The third-order valence-electron chi connectivity index (χ3n) is 10.1. The zero-order valence-electron chi connectivity index (χ0n) is 31.3. The lowest BCUT2D eigenvalue weighted by molar-refractivity contribution is -0.142. The van der Waals surface area contributed by atoms with Gasteiger partial charge in [-0.15, -0.1) is 0 Å². The maximum Gasteiger partial charge on any atom is 0.245 e. The van der Waals surface area contributed by atoms with Crippen molar-refractivity contribution in [2.45, 2.75) is 79.5 Å². The van der Waals surface area contributed by atoms with E-state index >= 15 is 0 Å². The number of benzene rings is 3. The number of para-hydroxylation sites is 1.